The van der Waals surface area contributed by atoms with Crippen LogP contribution in [0.4, 0.5) is 0 Å². The minimum Gasteiger partial charge on any atom is -0.506 e. The summed E-state index contributed by atoms with van der Waals surface area (Å²) in [5.74, 6) is -0.173. The van der Waals surface area contributed by atoms with Crippen LogP contribution in [0.5, 0.6) is 5.75 Å². The van der Waals surface area contributed by atoms with Crippen LogP contribution in [-0.4, -0.2) is 65.6 Å². The molecule has 1 aliphatic rings. The predicted molar refractivity (Wildman–Crippen MR) is 77.5 cm³/mol. The first-order chi connectivity index (χ1) is 9.94. The number of amides is 1. The Morgan fingerprint density at radius 1 is 1.29 bits per heavy atom. The van der Waals surface area contributed by atoms with Crippen molar-refractivity contribution in [2.24, 2.45) is 0 Å². The summed E-state index contributed by atoms with van der Waals surface area (Å²) < 4.78 is 25.3. The molecule has 0 aliphatic carbocycles. The number of carbonyl (C=O) groups is 1. The lowest BCUT2D eigenvalue weighted by atomic mass is 10.2. The molecule has 116 valence electrons. The van der Waals surface area contributed by atoms with Crippen molar-refractivity contribution in [2.45, 2.75) is 13.3 Å². The van der Waals surface area contributed by atoms with E-state index in [2.05, 4.69) is 4.98 Å². The lowest BCUT2D eigenvalue weighted by Gasteiger charge is -2.34. The van der Waals surface area contributed by atoms with E-state index in [1.807, 2.05) is 6.92 Å². The average Bonchev–Trinajstić information content (AvgIpc) is 2.46. The zero-order valence-corrected chi connectivity index (χ0v) is 12.7. The second-order valence-corrected chi connectivity index (χ2v) is 7.03. The van der Waals surface area contributed by atoms with Crippen LogP contribution in [0.3, 0.4) is 0 Å². The highest BCUT2D eigenvalue weighted by Crippen LogP contribution is 2.14. The lowest BCUT2D eigenvalue weighted by Crippen LogP contribution is -2.51. The molecular weight excluding hydrogens is 294 g/mol. The fourth-order valence-electron chi connectivity index (χ4n) is 2.28. The average molecular weight is 313 g/mol. The van der Waals surface area contributed by atoms with Crippen molar-refractivity contribution in [3.8, 4) is 5.75 Å². The van der Waals surface area contributed by atoms with Crippen LogP contribution >= 0.6 is 0 Å². The van der Waals surface area contributed by atoms with Crippen molar-refractivity contribution in [3.63, 3.8) is 0 Å². The van der Waals surface area contributed by atoms with Crippen LogP contribution in [0.2, 0.25) is 0 Å². The van der Waals surface area contributed by atoms with Crippen LogP contribution in [0, 0.1) is 0 Å². The van der Waals surface area contributed by atoms with Gasteiger partial charge in [0.1, 0.15) is 5.75 Å². The van der Waals surface area contributed by atoms with Crippen LogP contribution in [0.15, 0.2) is 18.5 Å². The predicted octanol–water partition coefficient (Wildman–Crippen LogP) is 0.285. The Bertz CT molecular complexity index is 610. The van der Waals surface area contributed by atoms with Crippen molar-refractivity contribution >= 4 is 15.9 Å². The summed E-state index contributed by atoms with van der Waals surface area (Å²) in [6.45, 7) is 3.13. The molecular formula is C13H19N3O4S. The highest BCUT2D eigenvalue weighted by molar-refractivity contribution is 7.89. The number of aromatic nitrogens is 1. The van der Waals surface area contributed by atoms with E-state index in [1.54, 1.807) is 4.90 Å². The van der Waals surface area contributed by atoms with Crippen molar-refractivity contribution in [3.05, 3.63) is 24.0 Å². The van der Waals surface area contributed by atoms with E-state index >= 15 is 0 Å². The molecule has 0 radical (unpaired) electrons. The third-order valence-electron chi connectivity index (χ3n) is 3.35. The summed E-state index contributed by atoms with van der Waals surface area (Å²) in [4.78, 5) is 17.6. The number of sulfonamides is 1. The van der Waals surface area contributed by atoms with Gasteiger partial charge >= 0.3 is 0 Å². The van der Waals surface area contributed by atoms with E-state index in [9.17, 15) is 18.3 Å². The van der Waals surface area contributed by atoms with E-state index in [4.69, 9.17) is 0 Å². The van der Waals surface area contributed by atoms with Gasteiger partial charge in [-0.05, 0) is 12.5 Å². The Morgan fingerprint density at radius 3 is 2.52 bits per heavy atom. The molecule has 1 saturated heterocycles. The normalized spacial score (nSPS) is 16.9. The molecule has 1 N–H and O–H groups in total. The first kappa shape index (κ1) is 15.7. The number of nitrogens with zero attached hydrogens (tertiary/aromatic N) is 3. The van der Waals surface area contributed by atoms with Gasteiger partial charge in [-0.1, -0.05) is 6.92 Å². The van der Waals surface area contributed by atoms with E-state index < -0.39 is 10.0 Å². The van der Waals surface area contributed by atoms with E-state index in [1.165, 1.54) is 22.8 Å². The molecule has 1 aromatic rings. The number of rotatable bonds is 4. The first-order valence-electron chi connectivity index (χ1n) is 6.85. The van der Waals surface area contributed by atoms with Gasteiger partial charge in [-0.2, -0.15) is 4.31 Å². The summed E-state index contributed by atoms with van der Waals surface area (Å²) in [6, 6.07) is 1.36. The van der Waals surface area contributed by atoms with Gasteiger partial charge in [0, 0.05) is 32.4 Å². The molecule has 0 spiro atoms. The van der Waals surface area contributed by atoms with Gasteiger partial charge in [0.05, 0.1) is 17.5 Å². The number of piperazine rings is 1. The minimum absolute atomic E-state index is 0.0648. The van der Waals surface area contributed by atoms with E-state index in [0.29, 0.717) is 38.2 Å². The molecule has 1 fully saturated rings. The molecule has 2 heterocycles. The molecule has 1 aliphatic heterocycles. The lowest BCUT2D eigenvalue weighted by molar-refractivity contribution is 0.0697. The van der Waals surface area contributed by atoms with Crippen molar-refractivity contribution < 1.29 is 18.3 Å². The molecule has 0 saturated carbocycles. The summed E-state index contributed by atoms with van der Waals surface area (Å²) >= 11 is 0. The quantitative estimate of drug-likeness (QED) is 0.862. The molecule has 21 heavy (non-hydrogen) atoms. The Balaban J connectivity index is 2.00. The van der Waals surface area contributed by atoms with Crippen molar-refractivity contribution in [2.75, 3.05) is 31.9 Å². The Hall–Kier alpha value is -1.67. The number of hydrogen-bond donors (Lipinski definition) is 1. The van der Waals surface area contributed by atoms with Gasteiger partial charge in [0.25, 0.3) is 5.91 Å². The largest absolute Gasteiger partial charge is 0.506 e. The maximum atomic E-state index is 12.2. The van der Waals surface area contributed by atoms with Crippen molar-refractivity contribution in [1.82, 2.24) is 14.2 Å². The fourth-order valence-corrected chi connectivity index (χ4v) is 3.78. The third kappa shape index (κ3) is 3.70. The molecule has 1 amide bonds. The standard InChI is InChI=1S/C13H19N3O4S/c1-2-7-21(19,20)16-5-3-15(4-6-16)13(18)11-8-12(17)10-14-9-11/h8-10,17H,2-7H2,1H3. The van der Waals surface area contributed by atoms with Gasteiger partial charge < -0.3 is 10.0 Å². The van der Waals surface area contributed by atoms with Crippen LogP contribution in [0.1, 0.15) is 23.7 Å². The number of carbonyl (C=O) groups excluding carboxylic acids is 1. The molecule has 0 bridgehead atoms. The zero-order chi connectivity index (χ0) is 15.5. The molecule has 2 rings (SSSR count). The Labute approximate surface area is 124 Å². The molecule has 7 nitrogen and oxygen atoms in total. The SMILES string of the molecule is CCCS(=O)(=O)N1CCN(C(=O)c2cncc(O)c2)CC1. The van der Waals surface area contributed by atoms with Crippen molar-refractivity contribution in [1.29, 1.82) is 0 Å². The first-order valence-corrected chi connectivity index (χ1v) is 8.46. The second-order valence-electron chi connectivity index (χ2n) is 4.94. The highest BCUT2D eigenvalue weighted by atomic mass is 32.2. The van der Waals surface area contributed by atoms with Gasteiger partial charge in [-0.25, -0.2) is 8.42 Å². The number of aromatic hydroxyl groups is 1. The highest BCUT2D eigenvalue weighted by Gasteiger charge is 2.28. The second kappa shape index (κ2) is 6.40. The summed E-state index contributed by atoms with van der Waals surface area (Å²) in [6.07, 6.45) is 3.23. The summed E-state index contributed by atoms with van der Waals surface area (Å²) in [7, 11) is -3.21. The van der Waals surface area contributed by atoms with Gasteiger partial charge in [0.15, 0.2) is 0 Å². The van der Waals surface area contributed by atoms with Gasteiger partial charge in [0.2, 0.25) is 10.0 Å². The maximum absolute atomic E-state index is 12.2. The van der Waals surface area contributed by atoms with Gasteiger partial charge in [-0.15, -0.1) is 0 Å². The molecule has 0 unspecified atom stereocenters. The Morgan fingerprint density at radius 2 is 1.95 bits per heavy atom. The monoisotopic (exact) mass is 313 g/mol. The Kier molecular flexibility index (Phi) is 4.79. The fraction of sp³-hybridized carbons (Fsp3) is 0.538. The number of hydrogen-bond acceptors (Lipinski definition) is 5. The van der Waals surface area contributed by atoms with Crippen LogP contribution in [0.25, 0.3) is 0 Å². The molecule has 1 aromatic heterocycles. The number of pyridine rings is 1. The molecule has 0 aromatic carbocycles. The van der Waals surface area contributed by atoms with E-state index in [-0.39, 0.29) is 17.4 Å². The minimum atomic E-state index is -3.21. The zero-order valence-electron chi connectivity index (χ0n) is 11.9. The molecule has 8 heteroatoms. The van der Waals surface area contributed by atoms with Crippen LogP contribution in [-0.2, 0) is 10.0 Å². The smallest absolute Gasteiger partial charge is 0.255 e. The maximum Gasteiger partial charge on any atom is 0.255 e. The molecule has 0 atom stereocenters. The topological polar surface area (TPSA) is 90.8 Å². The van der Waals surface area contributed by atoms with Gasteiger partial charge in [-0.3, -0.25) is 9.78 Å². The third-order valence-corrected chi connectivity index (χ3v) is 5.43. The van der Waals surface area contributed by atoms with Crippen LogP contribution < -0.4 is 0 Å². The summed E-state index contributed by atoms with van der Waals surface area (Å²) in [5, 5.41) is 9.35. The van der Waals surface area contributed by atoms with E-state index in [0.717, 1.165) is 0 Å². The summed E-state index contributed by atoms with van der Waals surface area (Å²) in [5.41, 5.74) is 0.305.